The fraction of sp³-hybridized carbons (Fsp3) is 0. The molecule has 11 aromatic rings. The van der Waals surface area contributed by atoms with Crippen molar-refractivity contribution in [2.24, 2.45) is 0 Å². The zero-order valence-electron chi connectivity index (χ0n) is 38.1. The van der Waals surface area contributed by atoms with Gasteiger partial charge in [0, 0.05) is 72.5 Å². The van der Waals surface area contributed by atoms with Crippen LogP contribution in [0.15, 0.2) is 205 Å². The predicted octanol–water partition coefficient (Wildman–Crippen LogP) is 8.95. The molecule has 7 heterocycles. The molecule has 7 nitrogen and oxygen atoms in total. The second-order valence-electron chi connectivity index (χ2n) is 19.3. The Morgan fingerprint density at radius 3 is 1.49 bits per heavy atom. The van der Waals surface area contributed by atoms with E-state index in [1.807, 2.05) is 48.5 Å². The van der Waals surface area contributed by atoms with Gasteiger partial charge in [0.25, 0.3) is 20.1 Å². The van der Waals surface area contributed by atoms with Gasteiger partial charge in [0.05, 0.1) is 0 Å². The third kappa shape index (κ3) is 5.14. The van der Waals surface area contributed by atoms with Crippen LogP contribution in [0.3, 0.4) is 0 Å². The highest BCUT2D eigenvalue weighted by molar-refractivity contribution is 7.24. The monoisotopic (exact) mass is 938 g/mol. The van der Waals surface area contributed by atoms with Gasteiger partial charge in [0.2, 0.25) is 0 Å². The zero-order valence-corrected chi connectivity index (χ0v) is 38.9. The summed E-state index contributed by atoms with van der Waals surface area (Å²) in [5, 5.41) is 1.34. The van der Waals surface area contributed by atoms with E-state index in [0.717, 1.165) is 122 Å². The van der Waals surface area contributed by atoms with E-state index in [2.05, 4.69) is 161 Å². The first-order valence-electron chi connectivity index (χ1n) is 24.4. The summed E-state index contributed by atoms with van der Waals surface area (Å²) in [5.74, 6) is 5.99. The molecular formula is C61H33B3N2O5S. The molecular weight excluding hydrogens is 905 g/mol. The van der Waals surface area contributed by atoms with E-state index in [1.54, 1.807) is 11.3 Å². The van der Waals surface area contributed by atoms with Crippen molar-refractivity contribution >= 4 is 135 Å². The number of rotatable bonds is 3. The topological polar surface area (TPSA) is 60.5 Å². The lowest BCUT2D eigenvalue weighted by atomic mass is 9.29. The smallest absolute Gasteiger partial charge is 0.256 e. The Hall–Kier alpha value is -8.92. The second-order valence-corrected chi connectivity index (χ2v) is 20.4. The Labute approximate surface area is 417 Å². The maximum absolute atomic E-state index is 15.5. The van der Waals surface area contributed by atoms with Crippen molar-refractivity contribution in [1.82, 2.24) is 0 Å². The number of fused-ring (bicyclic) bond motifs is 16. The number of benzene rings is 10. The predicted molar refractivity (Wildman–Crippen MR) is 295 cm³/mol. The quantitative estimate of drug-likeness (QED) is 0.130. The molecule has 0 atom stereocenters. The average molecular weight is 938 g/mol. The van der Waals surface area contributed by atoms with Crippen LogP contribution in [0.1, 0.15) is 0 Å². The minimum absolute atomic E-state index is 0.0146. The Morgan fingerprint density at radius 1 is 0.375 bits per heavy atom. The molecule has 332 valence electrons. The van der Waals surface area contributed by atoms with Crippen molar-refractivity contribution < 1.29 is 18.9 Å². The second kappa shape index (κ2) is 14.1. The number of anilines is 6. The number of nitrogens with zero attached hydrogens (tertiary/aromatic N) is 2. The molecule has 0 fully saturated rings. The van der Waals surface area contributed by atoms with E-state index >= 15 is 4.79 Å². The third-order valence-electron chi connectivity index (χ3n) is 15.6. The molecule has 0 bridgehead atoms. The molecule has 17 rings (SSSR count). The Morgan fingerprint density at radius 2 is 0.861 bits per heavy atom. The molecule has 6 aliphatic rings. The first-order valence-corrected chi connectivity index (χ1v) is 25.2. The molecule has 0 unspecified atom stereocenters. The van der Waals surface area contributed by atoms with E-state index in [9.17, 15) is 0 Å². The van der Waals surface area contributed by atoms with Crippen LogP contribution < -0.4 is 83.3 Å². The van der Waals surface area contributed by atoms with E-state index in [1.165, 1.54) is 5.46 Å². The number of hydrogen-bond acceptors (Lipinski definition) is 8. The molecule has 72 heavy (non-hydrogen) atoms. The minimum Gasteiger partial charge on any atom is -0.458 e. The van der Waals surface area contributed by atoms with E-state index in [-0.39, 0.29) is 25.6 Å². The first kappa shape index (κ1) is 38.9. The summed E-state index contributed by atoms with van der Waals surface area (Å²) >= 11 is 1.59. The molecule has 6 aliphatic heterocycles. The summed E-state index contributed by atoms with van der Waals surface area (Å²) < 4.78 is 29.2. The molecule has 0 saturated carbocycles. The normalized spacial score (nSPS) is 14.1. The molecule has 0 aliphatic carbocycles. The van der Waals surface area contributed by atoms with Gasteiger partial charge in [-0.05, 0) is 110 Å². The van der Waals surface area contributed by atoms with Crippen molar-refractivity contribution in [3.8, 4) is 46.0 Å². The van der Waals surface area contributed by atoms with Gasteiger partial charge >= 0.3 is 0 Å². The van der Waals surface area contributed by atoms with Gasteiger partial charge in [-0.25, -0.2) is 0 Å². The summed E-state index contributed by atoms with van der Waals surface area (Å²) in [5.41, 5.74) is 16.3. The highest BCUT2D eigenvalue weighted by Gasteiger charge is 2.51. The SMILES string of the molecule is O=c1c2cc3c(cc2sc2cc4c(cc12)B1c2ccccc2N2c5ccccc5B5c6ccccc6Oc6cc(c1c2c65)O4)Oc1cc(Oc2ccccc2)cc2c1B3c1ccccc1N2c1ccccc1. The Balaban J connectivity index is 0.865. The van der Waals surface area contributed by atoms with Gasteiger partial charge < -0.3 is 28.7 Å². The summed E-state index contributed by atoms with van der Waals surface area (Å²) in [7, 11) is 0. The van der Waals surface area contributed by atoms with Crippen LogP contribution in [0, 0.1) is 0 Å². The van der Waals surface area contributed by atoms with E-state index < -0.39 is 0 Å². The van der Waals surface area contributed by atoms with Crippen LogP contribution in [-0.2, 0) is 0 Å². The summed E-state index contributed by atoms with van der Waals surface area (Å²) in [4.78, 5) is 20.2. The molecule has 0 radical (unpaired) electrons. The lowest BCUT2D eigenvalue weighted by molar-refractivity contribution is 0.463. The van der Waals surface area contributed by atoms with Gasteiger partial charge in [0.1, 0.15) is 46.0 Å². The van der Waals surface area contributed by atoms with Crippen molar-refractivity contribution in [2.75, 3.05) is 9.80 Å². The molecule has 0 N–H and O–H groups in total. The summed E-state index contributed by atoms with van der Waals surface area (Å²) in [6.45, 7) is -0.436. The maximum Gasteiger partial charge on any atom is 0.256 e. The van der Waals surface area contributed by atoms with E-state index in [4.69, 9.17) is 18.9 Å². The van der Waals surface area contributed by atoms with Gasteiger partial charge in [0.15, 0.2) is 5.43 Å². The summed E-state index contributed by atoms with van der Waals surface area (Å²) in [6, 6.07) is 69.3. The fourth-order valence-corrected chi connectivity index (χ4v) is 13.9. The molecule has 10 aromatic carbocycles. The number of hydrogen-bond donors (Lipinski definition) is 0. The molecule has 1 aromatic heterocycles. The maximum atomic E-state index is 15.5. The van der Waals surface area contributed by atoms with Crippen LogP contribution in [0.5, 0.6) is 46.0 Å². The fourth-order valence-electron chi connectivity index (χ4n) is 12.8. The minimum atomic E-state index is -0.215. The van der Waals surface area contributed by atoms with Crippen LogP contribution in [0.4, 0.5) is 34.1 Å². The van der Waals surface area contributed by atoms with Crippen LogP contribution in [0.25, 0.3) is 20.2 Å². The van der Waals surface area contributed by atoms with Crippen molar-refractivity contribution in [3.63, 3.8) is 0 Å². The number of ether oxygens (including phenoxy) is 4. The van der Waals surface area contributed by atoms with Crippen molar-refractivity contribution in [1.29, 1.82) is 0 Å². The van der Waals surface area contributed by atoms with Gasteiger partial charge in [-0.2, -0.15) is 0 Å². The highest BCUT2D eigenvalue weighted by atomic mass is 32.1. The molecule has 0 saturated heterocycles. The standard InChI is InChI=1S/C61H33B3N2O5S/c67-61-37-29-43-50(70-52-28-36(68-35-17-5-2-6-18-35)27-48-57(52)63(43)39-19-7-11-23-45(39)65(48)34-15-3-1-4-16-34)32-55(37)72-56-33-51-44(30-38(56)61)64-41-21-9-13-25-47(41)66-46-24-12-8-20-40(46)62-42-22-10-14-26-49(42)69-53-31-54(71-51)59(64)60(66)58(53)62/h1-33H. The van der Waals surface area contributed by atoms with Crippen LogP contribution >= 0.6 is 11.3 Å². The molecule has 11 heteroatoms. The van der Waals surface area contributed by atoms with Crippen LogP contribution in [0.2, 0.25) is 0 Å². The van der Waals surface area contributed by atoms with Gasteiger partial charge in [-0.3, -0.25) is 4.79 Å². The lowest BCUT2D eigenvalue weighted by Gasteiger charge is -2.47. The summed E-state index contributed by atoms with van der Waals surface area (Å²) in [6.07, 6.45) is 0. The third-order valence-corrected chi connectivity index (χ3v) is 16.7. The van der Waals surface area contributed by atoms with Crippen molar-refractivity contribution in [2.45, 2.75) is 0 Å². The van der Waals surface area contributed by atoms with E-state index in [0.29, 0.717) is 22.3 Å². The molecule has 0 spiro atoms. The largest absolute Gasteiger partial charge is 0.458 e. The molecule has 0 amide bonds. The zero-order chi connectivity index (χ0) is 46.9. The average Bonchev–Trinajstić information content (AvgIpc) is 3.42. The first-order chi connectivity index (χ1) is 35.6. The Bertz CT molecular complexity index is 4320. The van der Waals surface area contributed by atoms with Gasteiger partial charge in [-0.1, -0.05) is 121 Å². The Kier molecular flexibility index (Phi) is 7.62. The lowest BCUT2D eigenvalue weighted by Crippen LogP contribution is -2.67. The van der Waals surface area contributed by atoms with Crippen LogP contribution in [-0.4, -0.2) is 20.1 Å². The highest BCUT2D eigenvalue weighted by Crippen LogP contribution is 2.48. The van der Waals surface area contributed by atoms with Gasteiger partial charge in [-0.15, -0.1) is 11.3 Å². The van der Waals surface area contributed by atoms with Crippen molar-refractivity contribution in [3.05, 3.63) is 210 Å². The number of para-hydroxylation sites is 6.